The van der Waals surface area contributed by atoms with Gasteiger partial charge in [0.05, 0.1) is 5.69 Å². The highest BCUT2D eigenvalue weighted by molar-refractivity contribution is 5.73. The first-order valence-electron chi connectivity index (χ1n) is 16.7. The third-order valence-corrected chi connectivity index (χ3v) is 10.3. The maximum Gasteiger partial charge on any atom is 0.321 e. The van der Waals surface area contributed by atoms with Gasteiger partial charge in [-0.15, -0.1) is 0 Å². The van der Waals surface area contributed by atoms with Gasteiger partial charge >= 0.3 is 5.97 Å². The van der Waals surface area contributed by atoms with Crippen LogP contribution in [0.5, 0.6) is 0 Å². The molecule has 1 aromatic heterocycles. The molecule has 7 heteroatoms. The van der Waals surface area contributed by atoms with Crippen molar-refractivity contribution in [2.24, 2.45) is 11.8 Å². The molecule has 1 aliphatic heterocycles. The Morgan fingerprint density at radius 1 is 1.05 bits per heavy atom. The standard InChI is InChI=1S/C37H51FN4O2/c1-6-26-11-13-27(14-12-26)19-32-22-35(42(7-2)39-32)28-15-17-41(18-16-28)24-30-21-33(40(5)36(25(3)4)37(43)44)23-34(30)29-9-8-10-31(38)20-29/h8-14,20,22,25,28,30,33-34,36H,6-7,15-19,21,23-24H2,1-5H3,(H,43,44)/t30?,33?,34?,36-/m1/s1. The lowest BCUT2D eigenvalue weighted by atomic mass is 9.87. The molecule has 1 saturated heterocycles. The minimum absolute atomic E-state index is 0.0156. The molecule has 3 unspecified atom stereocenters. The Kier molecular flexibility index (Phi) is 10.6. The first-order valence-corrected chi connectivity index (χ1v) is 16.7. The Labute approximate surface area is 263 Å². The van der Waals surface area contributed by atoms with Crippen molar-refractivity contribution in [3.8, 4) is 0 Å². The number of benzene rings is 2. The van der Waals surface area contributed by atoms with Crippen molar-refractivity contribution in [1.29, 1.82) is 0 Å². The zero-order chi connectivity index (χ0) is 31.4. The number of aliphatic carboxylic acids is 1. The van der Waals surface area contributed by atoms with Gasteiger partial charge in [-0.05, 0) is 112 Å². The van der Waals surface area contributed by atoms with Crippen molar-refractivity contribution in [1.82, 2.24) is 19.6 Å². The maximum atomic E-state index is 14.3. The van der Waals surface area contributed by atoms with Gasteiger partial charge in [0, 0.05) is 37.2 Å². The summed E-state index contributed by atoms with van der Waals surface area (Å²) in [4.78, 5) is 16.8. The van der Waals surface area contributed by atoms with Crippen LogP contribution >= 0.6 is 0 Å². The molecule has 5 rings (SSSR count). The van der Waals surface area contributed by atoms with Crippen molar-refractivity contribution in [2.75, 3.05) is 26.7 Å². The van der Waals surface area contributed by atoms with E-state index in [1.807, 2.05) is 33.0 Å². The number of carbonyl (C=O) groups is 1. The van der Waals surface area contributed by atoms with E-state index in [0.717, 1.165) is 76.0 Å². The maximum absolute atomic E-state index is 14.3. The number of hydrogen-bond donors (Lipinski definition) is 1. The summed E-state index contributed by atoms with van der Waals surface area (Å²) < 4.78 is 16.5. The zero-order valence-electron chi connectivity index (χ0n) is 27.3. The number of aryl methyl sites for hydroxylation is 2. The molecule has 1 aliphatic carbocycles. The van der Waals surface area contributed by atoms with E-state index < -0.39 is 12.0 Å². The Bertz CT molecular complexity index is 1380. The summed E-state index contributed by atoms with van der Waals surface area (Å²) in [6.45, 7) is 12.2. The first-order chi connectivity index (χ1) is 21.2. The minimum Gasteiger partial charge on any atom is -0.480 e. The topological polar surface area (TPSA) is 61.6 Å². The van der Waals surface area contributed by atoms with E-state index in [4.69, 9.17) is 5.10 Å². The van der Waals surface area contributed by atoms with Crippen molar-refractivity contribution in [3.05, 3.63) is 88.5 Å². The Hall–Kier alpha value is -3.03. The number of hydrogen-bond acceptors (Lipinski definition) is 4. The summed E-state index contributed by atoms with van der Waals surface area (Å²) in [5.74, 6) is 0.122. The number of likely N-dealkylation sites (N-methyl/N-ethyl adjacent to an activating group) is 1. The van der Waals surface area contributed by atoms with Gasteiger partial charge in [-0.2, -0.15) is 5.10 Å². The van der Waals surface area contributed by atoms with Gasteiger partial charge in [0.25, 0.3) is 0 Å². The molecule has 0 amide bonds. The van der Waals surface area contributed by atoms with E-state index in [0.29, 0.717) is 11.8 Å². The Morgan fingerprint density at radius 2 is 1.75 bits per heavy atom. The molecular formula is C37H51FN4O2. The molecule has 0 spiro atoms. The predicted molar refractivity (Wildman–Crippen MR) is 175 cm³/mol. The van der Waals surface area contributed by atoms with Crippen molar-refractivity contribution < 1.29 is 14.3 Å². The van der Waals surface area contributed by atoms with Crippen LogP contribution in [0, 0.1) is 17.7 Å². The van der Waals surface area contributed by atoms with Gasteiger partial charge in [-0.25, -0.2) is 4.39 Å². The van der Waals surface area contributed by atoms with Crippen LogP contribution in [0.1, 0.15) is 93.3 Å². The largest absolute Gasteiger partial charge is 0.480 e. The number of carboxylic acids is 1. The summed E-state index contributed by atoms with van der Waals surface area (Å²) in [5.41, 5.74) is 6.22. The van der Waals surface area contributed by atoms with Gasteiger partial charge in [0.1, 0.15) is 11.9 Å². The third-order valence-electron chi connectivity index (χ3n) is 10.3. The van der Waals surface area contributed by atoms with E-state index in [-0.39, 0.29) is 23.7 Å². The number of likely N-dealkylation sites (tertiary alicyclic amines) is 1. The summed E-state index contributed by atoms with van der Waals surface area (Å²) in [5, 5.41) is 14.9. The zero-order valence-corrected chi connectivity index (χ0v) is 27.3. The number of nitrogens with zero attached hydrogens (tertiary/aromatic N) is 4. The van der Waals surface area contributed by atoms with Crippen LogP contribution in [-0.2, 0) is 24.2 Å². The average molecular weight is 603 g/mol. The summed E-state index contributed by atoms with van der Waals surface area (Å²) in [6.07, 6.45) is 5.91. The molecule has 0 bridgehead atoms. The van der Waals surface area contributed by atoms with Gasteiger partial charge in [0.15, 0.2) is 0 Å². The number of aromatic nitrogens is 2. The van der Waals surface area contributed by atoms with E-state index in [1.165, 1.54) is 22.9 Å². The highest BCUT2D eigenvalue weighted by atomic mass is 19.1. The fourth-order valence-corrected chi connectivity index (χ4v) is 7.93. The minimum atomic E-state index is -0.765. The van der Waals surface area contributed by atoms with E-state index >= 15 is 0 Å². The molecule has 2 aliphatic rings. The van der Waals surface area contributed by atoms with Crippen LogP contribution in [0.2, 0.25) is 0 Å². The summed E-state index contributed by atoms with van der Waals surface area (Å²) in [6, 6.07) is 17.9. The monoisotopic (exact) mass is 602 g/mol. The second-order valence-corrected chi connectivity index (χ2v) is 13.5. The number of halogens is 1. The Balaban J connectivity index is 1.25. The molecule has 4 atom stereocenters. The lowest BCUT2D eigenvalue weighted by Crippen LogP contribution is -2.47. The number of piperidine rings is 1. The van der Waals surface area contributed by atoms with Crippen LogP contribution in [0.25, 0.3) is 0 Å². The van der Waals surface area contributed by atoms with Crippen molar-refractivity contribution in [3.63, 3.8) is 0 Å². The molecule has 3 aromatic rings. The molecule has 0 radical (unpaired) electrons. The van der Waals surface area contributed by atoms with Crippen LogP contribution in [-0.4, -0.2) is 69.4 Å². The molecule has 2 aromatic carbocycles. The highest BCUT2D eigenvalue weighted by Crippen LogP contribution is 2.43. The number of carboxylic acid groups (broad SMARTS) is 1. The first kappa shape index (κ1) is 32.4. The van der Waals surface area contributed by atoms with Crippen LogP contribution < -0.4 is 0 Å². The van der Waals surface area contributed by atoms with E-state index in [2.05, 4.69) is 58.7 Å². The van der Waals surface area contributed by atoms with Gasteiger partial charge < -0.3 is 10.0 Å². The Morgan fingerprint density at radius 3 is 2.36 bits per heavy atom. The van der Waals surface area contributed by atoms with Crippen molar-refractivity contribution >= 4 is 5.97 Å². The molecular weight excluding hydrogens is 551 g/mol. The lowest BCUT2D eigenvalue weighted by molar-refractivity contribution is -0.145. The molecule has 1 N–H and O–H groups in total. The van der Waals surface area contributed by atoms with E-state index in [9.17, 15) is 14.3 Å². The second-order valence-electron chi connectivity index (χ2n) is 13.5. The summed E-state index contributed by atoms with van der Waals surface area (Å²) in [7, 11) is 1.96. The second kappa shape index (κ2) is 14.4. The fraction of sp³-hybridized carbons (Fsp3) is 0.568. The molecule has 1 saturated carbocycles. The number of rotatable bonds is 12. The highest BCUT2D eigenvalue weighted by Gasteiger charge is 2.42. The lowest BCUT2D eigenvalue weighted by Gasteiger charge is -2.35. The quantitative estimate of drug-likeness (QED) is 0.242. The van der Waals surface area contributed by atoms with Crippen LogP contribution in [0.15, 0.2) is 54.6 Å². The molecule has 238 valence electrons. The molecule has 6 nitrogen and oxygen atoms in total. The molecule has 2 fully saturated rings. The molecule has 44 heavy (non-hydrogen) atoms. The van der Waals surface area contributed by atoms with Crippen molar-refractivity contribution in [2.45, 2.75) is 96.7 Å². The SMILES string of the molecule is CCc1ccc(Cc2cc(C3CCN(CC4CC(N(C)[C@@H](C(=O)O)C(C)C)CC4c4cccc(F)c4)CC3)n(CC)n2)cc1. The van der Waals surface area contributed by atoms with Gasteiger partial charge in [-0.1, -0.05) is 57.2 Å². The van der Waals surface area contributed by atoms with Crippen LogP contribution in [0.3, 0.4) is 0 Å². The third kappa shape index (κ3) is 7.43. The van der Waals surface area contributed by atoms with Gasteiger partial charge in [-0.3, -0.25) is 14.4 Å². The van der Waals surface area contributed by atoms with Gasteiger partial charge in [0.2, 0.25) is 0 Å². The smallest absolute Gasteiger partial charge is 0.321 e. The normalized spacial score (nSPS) is 22.2. The summed E-state index contributed by atoms with van der Waals surface area (Å²) >= 11 is 0. The fourth-order valence-electron chi connectivity index (χ4n) is 7.93. The predicted octanol–water partition coefficient (Wildman–Crippen LogP) is 6.98. The molecule has 2 heterocycles. The van der Waals surface area contributed by atoms with E-state index in [1.54, 1.807) is 6.07 Å². The average Bonchev–Trinajstić information content (AvgIpc) is 3.62. The van der Waals surface area contributed by atoms with Crippen LogP contribution in [0.4, 0.5) is 4.39 Å².